The highest BCUT2D eigenvalue weighted by molar-refractivity contribution is 7.99. The number of benzene rings is 8. The van der Waals surface area contributed by atoms with Crippen molar-refractivity contribution in [3.8, 4) is 46.4 Å². The standard InChI is InChI=1S/C61H33N7OS/c62-34-36-17-24-51-43(29-36)41-9-1-3-13-49(41)66(51)39-19-22-45-55(32-39)69-56-33-40(20-23-46(56)61(45)47-11-7-27-64-59(47)60-48(61)12-8-28-65-60)67-50-14-4-2-10-42(50)44-31-38(21-26-52(44)67)68-53-15-5-6-16-57(53)70-58-30-37(35-63)18-25-54(58)68/h1-33H. The normalized spacial score (nSPS) is 13.5. The van der Waals surface area contributed by atoms with Crippen LogP contribution in [0.4, 0.5) is 17.1 Å². The van der Waals surface area contributed by atoms with Crippen LogP contribution in [-0.2, 0) is 5.41 Å². The van der Waals surface area contributed by atoms with Crippen molar-refractivity contribution in [2.45, 2.75) is 15.2 Å². The highest BCUT2D eigenvalue weighted by Gasteiger charge is 2.52. The Labute approximate surface area is 405 Å². The zero-order valence-corrected chi connectivity index (χ0v) is 37.8. The molecule has 15 rings (SSSR count). The summed E-state index contributed by atoms with van der Waals surface area (Å²) in [6, 6.07) is 70.3. The van der Waals surface area contributed by atoms with Gasteiger partial charge in [-0.05, 0) is 114 Å². The fourth-order valence-electron chi connectivity index (χ4n) is 11.7. The lowest BCUT2D eigenvalue weighted by atomic mass is 9.66. The predicted octanol–water partition coefficient (Wildman–Crippen LogP) is 14.8. The molecule has 4 aromatic heterocycles. The summed E-state index contributed by atoms with van der Waals surface area (Å²) in [5, 5.41) is 24.0. The minimum absolute atomic E-state index is 0.622. The van der Waals surface area contributed by atoms with Crippen LogP contribution in [0.15, 0.2) is 210 Å². The largest absolute Gasteiger partial charge is 0.457 e. The average molecular weight is 912 g/mol. The number of anilines is 3. The maximum atomic E-state index is 9.87. The molecule has 2 aliphatic heterocycles. The fraction of sp³-hybridized carbons (Fsp3) is 0.0164. The van der Waals surface area contributed by atoms with Crippen molar-refractivity contribution in [3.05, 3.63) is 234 Å². The lowest BCUT2D eigenvalue weighted by Gasteiger charge is -2.39. The summed E-state index contributed by atoms with van der Waals surface area (Å²) in [7, 11) is 0. The molecule has 1 spiro atoms. The molecule has 9 heteroatoms. The molecule has 0 radical (unpaired) electrons. The Morgan fingerprint density at radius 2 is 0.957 bits per heavy atom. The van der Waals surface area contributed by atoms with Crippen LogP contribution in [0.1, 0.15) is 33.4 Å². The summed E-state index contributed by atoms with van der Waals surface area (Å²) in [6.07, 6.45) is 3.70. The van der Waals surface area contributed by atoms with Gasteiger partial charge in [-0.15, -0.1) is 0 Å². The van der Waals surface area contributed by atoms with Crippen LogP contribution in [0.5, 0.6) is 11.5 Å². The molecular weight excluding hydrogens is 879 g/mol. The molecule has 70 heavy (non-hydrogen) atoms. The fourth-order valence-corrected chi connectivity index (χ4v) is 12.8. The molecule has 0 bridgehead atoms. The number of para-hydroxylation sites is 3. The molecular formula is C61H33N7OS. The van der Waals surface area contributed by atoms with Gasteiger partial charge in [-0.25, -0.2) is 0 Å². The van der Waals surface area contributed by atoms with E-state index in [0.717, 1.165) is 127 Å². The van der Waals surface area contributed by atoms with E-state index < -0.39 is 5.41 Å². The van der Waals surface area contributed by atoms with Crippen LogP contribution in [-0.4, -0.2) is 19.1 Å². The number of nitriles is 2. The first kappa shape index (κ1) is 38.7. The second kappa shape index (κ2) is 14.3. The second-order valence-corrected chi connectivity index (χ2v) is 19.0. The molecule has 8 nitrogen and oxygen atoms in total. The number of ether oxygens (including phenoxy) is 1. The first-order valence-electron chi connectivity index (χ1n) is 23.1. The van der Waals surface area contributed by atoms with Gasteiger partial charge in [0, 0.05) is 84.1 Å². The van der Waals surface area contributed by atoms with Crippen LogP contribution in [0.3, 0.4) is 0 Å². The number of hydrogen-bond donors (Lipinski definition) is 0. The number of hydrogen-bond acceptors (Lipinski definition) is 7. The first-order valence-corrected chi connectivity index (χ1v) is 23.9. The molecule has 0 saturated carbocycles. The Morgan fingerprint density at radius 3 is 1.61 bits per heavy atom. The lowest BCUT2D eigenvalue weighted by molar-refractivity contribution is 0.436. The van der Waals surface area contributed by atoms with Gasteiger partial charge in [-0.3, -0.25) is 9.97 Å². The third-order valence-corrected chi connectivity index (χ3v) is 15.6. The van der Waals surface area contributed by atoms with Crippen molar-refractivity contribution in [1.29, 1.82) is 10.5 Å². The van der Waals surface area contributed by atoms with Gasteiger partial charge in [0.25, 0.3) is 0 Å². The zero-order chi connectivity index (χ0) is 46.2. The van der Waals surface area contributed by atoms with Crippen molar-refractivity contribution in [3.63, 3.8) is 0 Å². The Hall–Kier alpha value is -9.41. The number of nitrogens with zero attached hydrogens (tertiary/aromatic N) is 7. The minimum atomic E-state index is -0.779. The van der Waals surface area contributed by atoms with Crippen LogP contribution >= 0.6 is 11.8 Å². The number of aromatic nitrogens is 4. The van der Waals surface area contributed by atoms with Crippen LogP contribution in [0.25, 0.3) is 66.4 Å². The third-order valence-electron chi connectivity index (χ3n) is 14.5. The Morgan fingerprint density at radius 1 is 0.429 bits per heavy atom. The van der Waals surface area contributed by atoms with Crippen LogP contribution in [0.2, 0.25) is 0 Å². The molecule has 3 aliphatic rings. The third kappa shape index (κ3) is 5.13. The molecule has 1 aliphatic carbocycles. The molecule has 0 N–H and O–H groups in total. The monoisotopic (exact) mass is 911 g/mol. The Bertz CT molecular complexity index is 4330. The molecule has 6 heterocycles. The average Bonchev–Trinajstić information content (AvgIpc) is 4.03. The zero-order valence-electron chi connectivity index (χ0n) is 37.0. The summed E-state index contributed by atoms with van der Waals surface area (Å²) in [4.78, 5) is 14.5. The van der Waals surface area contributed by atoms with E-state index in [1.165, 1.54) is 0 Å². The minimum Gasteiger partial charge on any atom is -0.457 e. The van der Waals surface area contributed by atoms with E-state index in [9.17, 15) is 10.5 Å². The summed E-state index contributed by atoms with van der Waals surface area (Å²) in [5.74, 6) is 1.48. The quantitative estimate of drug-likeness (QED) is 0.174. The van der Waals surface area contributed by atoms with E-state index >= 15 is 0 Å². The molecule has 0 saturated heterocycles. The van der Waals surface area contributed by atoms with Gasteiger partial charge in [-0.2, -0.15) is 10.5 Å². The van der Waals surface area contributed by atoms with Crippen molar-refractivity contribution >= 4 is 72.4 Å². The van der Waals surface area contributed by atoms with Crippen LogP contribution in [0, 0.1) is 22.7 Å². The smallest absolute Gasteiger partial charge is 0.134 e. The number of fused-ring (bicyclic) bond motifs is 17. The predicted molar refractivity (Wildman–Crippen MR) is 276 cm³/mol. The maximum Gasteiger partial charge on any atom is 0.134 e. The first-order chi connectivity index (χ1) is 34.6. The molecule has 0 atom stereocenters. The van der Waals surface area contributed by atoms with Gasteiger partial charge in [0.2, 0.25) is 0 Å². The van der Waals surface area contributed by atoms with Gasteiger partial charge >= 0.3 is 0 Å². The van der Waals surface area contributed by atoms with E-state index in [0.29, 0.717) is 11.1 Å². The molecule has 8 aromatic carbocycles. The summed E-state index contributed by atoms with van der Waals surface area (Å²) < 4.78 is 11.9. The Balaban J connectivity index is 0.944. The molecule has 324 valence electrons. The molecule has 0 unspecified atom stereocenters. The van der Waals surface area contributed by atoms with Gasteiger partial charge in [-0.1, -0.05) is 84.6 Å². The summed E-state index contributed by atoms with van der Waals surface area (Å²) in [6.45, 7) is 0. The van der Waals surface area contributed by atoms with Gasteiger partial charge in [0.05, 0.1) is 73.5 Å². The van der Waals surface area contributed by atoms with Gasteiger partial charge in [0.15, 0.2) is 0 Å². The van der Waals surface area contributed by atoms with E-state index in [2.05, 4.69) is 166 Å². The lowest BCUT2D eigenvalue weighted by Crippen LogP contribution is -2.32. The molecule has 0 amide bonds. The number of rotatable bonds is 3. The number of pyridine rings is 2. The van der Waals surface area contributed by atoms with Gasteiger partial charge < -0.3 is 18.8 Å². The van der Waals surface area contributed by atoms with Crippen molar-refractivity contribution in [1.82, 2.24) is 19.1 Å². The topological polar surface area (TPSA) is 95.7 Å². The van der Waals surface area contributed by atoms with E-state index in [1.807, 2.05) is 60.9 Å². The Kier molecular flexibility index (Phi) is 7.90. The summed E-state index contributed by atoms with van der Waals surface area (Å²) >= 11 is 1.70. The van der Waals surface area contributed by atoms with E-state index in [-0.39, 0.29) is 0 Å². The SMILES string of the molecule is N#Cc1ccc2c(c1)Sc1ccccc1N2c1ccc2c(c1)c1ccccc1n2-c1ccc2c(c1)Oc1cc(-n3c4ccccc4c4cc(C#N)ccc43)ccc1C21c2cccnc2-c2ncccc21. The molecule has 0 fully saturated rings. The van der Waals surface area contributed by atoms with Crippen molar-refractivity contribution in [2.24, 2.45) is 0 Å². The highest BCUT2D eigenvalue weighted by atomic mass is 32.2. The highest BCUT2D eigenvalue weighted by Crippen LogP contribution is 2.62. The second-order valence-electron chi connectivity index (χ2n) is 18.0. The van der Waals surface area contributed by atoms with Gasteiger partial charge in [0.1, 0.15) is 11.5 Å². The van der Waals surface area contributed by atoms with Crippen LogP contribution < -0.4 is 9.64 Å². The molecule has 12 aromatic rings. The van der Waals surface area contributed by atoms with E-state index in [1.54, 1.807) is 11.8 Å². The summed E-state index contributed by atoms with van der Waals surface area (Å²) in [5.41, 5.74) is 15.6. The maximum absolute atomic E-state index is 9.87. The van der Waals surface area contributed by atoms with Crippen molar-refractivity contribution in [2.75, 3.05) is 4.90 Å². The van der Waals surface area contributed by atoms with Crippen molar-refractivity contribution < 1.29 is 4.74 Å². The van der Waals surface area contributed by atoms with E-state index in [4.69, 9.17) is 14.7 Å².